The van der Waals surface area contributed by atoms with E-state index in [9.17, 15) is 5.11 Å². The standard InChI is InChI=1S/C16H19NOS/c1-3-19-15-10-5-4-9-14(15)17-11-13-8-6-7-12(2)16(13)18/h4-10,17-18H,3,11H2,1-2H3. The van der Waals surface area contributed by atoms with E-state index in [0.29, 0.717) is 12.3 Å². The number of para-hydroxylation sites is 2. The van der Waals surface area contributed by atoms with Crippen LogP contribution in [-0.4, -0.2) is 10.9 Å². The summed E-state index contributed by atoms with van der Waals surface area (Å²) in [5.74, 6) is 1.43. The third kappa shape index (κ3) is 3.44. The molecule has 0 fully saturated rings. The minimum absolute atomic E-state index is 0.385. The van der Waals surface area contributed by atoms with Crippen LogP contribution in [0.15, 0.2) is 47.4 Å². The number of phenols is 1. The molecule has 0 amide bonds. The molecule has 2 N–H and O–H groups in total. The van der Waals surface area contributed by atoms with Crippen LogP contribution in [0.25, 0.3) is 0 Å². The van der Waals surface area contributed by atoms with Gasteiger partial charge in [-0.05, 0) is 30.4 Å². The molecule has 0 aliphatic rings. The smallest absolute Gasteiger partial charge is 0.123 e. The molecular formula is C16H19NOS. The van der Waals surface area contributed by atoms with E-state index in [4.69, 9.17) is 0 Å². The first-order chi connectivity index (χ1) is 9.22. The number of nitrogens with one attached hydrogen (secondary N) is 1. The highest BCUT2D eigenvalue weighted by Crippen LogP contribution is 2.28. The first-order valence-corrected chi connectivity index (χ1v) is 7.44. The van der Waals surface area contributed by atoms with Crippen molar-refractivity contribution in [3.8, 4) is 5.75 Å². The molecular weight excluding hydrogens is 254 g/mol. The van der Waals surface area contributed by atoms with Gasteiger partial charge in [0.15, 0.2) is 0 Å². The summed E-state index contributed by atoms with van der Waals surface area (Å²) >= 11 is 1.82. The van der Waals surface area contributed by atoms with Crippen molar-refractivity contribution in [1.82, 2.24) is 0 Å². The summed E-state index contributed by atoms with van der Waals surface area (Å²) in [6.07, 6.45) is 0. The quantitative estimate of drug-likeness (QED) is 0.791. The monoisotopic (exact) mass is 273 g/mol. The van der Waals surface area contributed by atoms with E-state index in [1.165, 1.54) is 4.90 Å². The molecule has 2 aromatic carbocycles. The lowest BCUT2D eigenvalue weighted by atomic mass is 10.1. The zero-order valence-corrected chi connectivity index (χ0v) is 12.1. The normalized spacial score (nSPS) is 10.4. The molecule has 0 bridgehead atoms. The highest BCUT2D eigenvalue weighted by Gasteiger charge is 2.05. The van der Waals surface area contributed by atoms with Crippen molar-refractivity contribution in [2.45, 2.75) is 25.3 Å². The van der Waals surface area contributed by atoms with Gasteiger partial charge in [0.25, 0.3) is 0 Å². The molecule has 0 spiro atoms. The van der Waals surface area contributed by atoms with Crippen LogP contribution in [0.1, 0.15) is 18.1 Å². The molecule has 0 atom stereocenters. The average Bonchev–Trinajstić information content (AvgIpc) is 2.42. The van der Waals surface area contributed by atoms with Crippen molar-refractivity contribution in [2.75, 3.05) is 11.1 Å². The van der Waals surface area contributed by atoms with Crippen molar-refractivity contribution in [2.24, 2.45) is 0 Å². The van der Waals surface area contributed by atoms with Gasteiger partial charge in [-0.1, -0.05) is 37.3 Å². The van der Waals surface area contributed by atoms with E-state index >= 15 is 0 Å². The van der Waals surface area contributed by atoms with Crippen LogP contribution in [0.2, 0.25) is 0 Å². The first-order valence-electron chi connectivity index (χ1n) is 6.45. The van der Waals surface area contributed by atoms with Gasteiger partial charge in [0.1, 0.15) is 5.75 Å². The van der Waals surface area contributed by atoms with E-state index in [2.05, 4.69) is 24.4 Å². The molecule has 0 aliphatic carbocycles. The average molecular weight is 273 g/mol. The van der Waals surface area contributed by atoms with Gasteiger partial charge in [0.05, 0.1) is 0 Å². The first kappa shape index (κ1) is 13.8. The number of anilines is 1. The largest absolute Gasteiger partial charge is 0.507 e. The number of aromatic hydroxyl groups is 1. The topological polar surface area (TPSA) is 32.3 Å². The van der Waals surface area contributed by atoms with Crippen molar-refractivity contribution in [3.05, 3.63) is 53.6 Å². The van der Waals surface area contributed by atoms with Gasteiger partial charge >= 0.3 is 0 Å². The van der Waals surface area contributed by atoms with E-state index in [-0.39, 0.29) is 0 Å². The number of hydrogen-bond donors (Lipinski definition) is 2. The summed E-state index contributed by atoms with van der Waals surface area (Å²) in [7, 11) is 0. The zero-order chi connectivity index (χ0) is 13.7. The number of aryl methyl sites for hydroxylation is 1. The summed E-state index contributed by atoms with van der Waals surface area (Å²) in [4.78, 5) is 1.25. The zero-order valence-electron chi connectivity index (χ0n) is 11.3. The van der Waals surface area contributed by atoms with Gasteiger partial charge in [-0.15, -0.1) is 11.8 Å². The van der Waals surface area contributed by atoms with Crippen LogP contribution < -0.4 is 5.32 Å². The Balaban J connectivity index is 2.12. The molecule has 2 aromatic rings. The number of hydrogen-bond acceptors (Lipinski definition) is 3. The van der Waals surface area contributed by atoms with E-state index < -0.39 is 0 Å². The maximum Gasteiger partial charge on any atom is 0.123 e. The molecule has 19 heavy (non-hydrogen) atoms. The molecule has 0 aliphatic heterocycles. The third-order valence-electron chi connectivity index (χ3n) is 2.98. The molecule has 0 aromatic heterocycles. The summed E-state index contributed by atoms with van der Waals surface area (Å²) in [5, 5.41) is 13.4. The fraction of sp³-hybridized carbons (Fsp3) is 0.250. The van der Waals surface area contributed by atoms with Crippen LogP contribution in [0, 0.1) is 6.92 Å². The minimum Gasteiger partial charge on any atom is -0.507 e. The van der Waals surface area contributed by atoms with Gasteiger partial charge in [0, 0.05) is 22.7 Å². The molecule has 100 valence electrons. The molecule has 2 nitrogen and oxygen atoms in total. The van der Waals surface area contributed by atoms with Gasteiger partial charge in [-0.2, -0.15) is 0 Å². The van der Waals surface area contributed by atoms with Gasteiger partial charge < -0.3 is 10.4 Å². The summed E-state index contributed by atoms with van der Waals surface area (Å²) in [6, 6.07) is 14.1. The lowest BCUT2D eigenvalue weighted by Gasteiger charge is -2.12. The Labute approximate surface area is 118 Å². The van der Waals surface area contributed by atoms with Crippen molar-refractivity contribution < 1.29 is 5.11 Å². The van der Waals surface area contributed by atoms with Crippen LogP contribution in [0.5, 0.6) is 5.75 Å². The second-order valence-electron chi connectivity index (χ2n) is 4.37. The van der Waals surface area contributed by atoms with Gasteiger partial charge in [0.2, 0.25) is 0 Å². The van der Waals surface area contributed by atoms with Crippen LogP contribution in [-0.2, 0) is 6.54 Å². The van der Waals surface area contributed by atoms with Crippen LogP contribution in [0.3, 0.4) is 0 Å². The van der Waals surface area contributed by atoms with Gasteiger partial charge in [-0.25, -0.2) is 0 Å². The number of thioether (sulfide) groups is 1. The molecule has 0 heterocycles. The summed E-state index contributed by atoms with van der Waals surface area (Å²) in [6.45, 7) is 4.70. The molecule has 0 saturated heterocycles. The number of benzene rings is 2. The number of phenolic OH excluding ortho intramolecular Hbond substituents is 1. The van der Waals surface area contributed by atoms with Crippen LogP contribution in [0.4, 0.5) is 5.69 Å². The Morgan fingerprint density at radius 1 is 1.11 bits per heavy atom. The van der Waals surface area contributed by atoms with E-state index in [1.807, 2.05) is 49.0 Å². The van der Waals surface area contributed by atoms with E-state index in [0.717, 1.165) is 22.6 Å². The Morgan fingerprint density at radius 2 is 1.89 bits per heavy atom. The third-order valence-corrected chi connectivity index (χ3v) is 3.93. The minimum atomic E-state index is 0.385. The Hall–Kier alpha value is -1.61. The highest BCUT2D eigenvalue weighted by atomic mass is 32.2. The maximum absolute atomic E-state index is 10.0. The second kappa shape index (κ2) is 6.53. The lowest BCUT2D eigenvalue weighted by Crippen LogP contribution is -2.01. The predicted octanol–water partition coefficient (Wildman–Crippen LogP) is 4.42. The summed E-state index contributed by atoms with van der Waals surface area (Å²) in [5.41, 5.74) is 2.96. The molecule has 3 heteroatoms. The van der Waals surface area contributed by atoms with E-state index in [1.54, 1.807) is 0 Å². The van der Waals surface area contributed by atoms with Crippen molar-refractivity contribution in [1.29, 1.82) is 0 Å². The fourth-order valence-electron chi connectivity index (χ4n) is 1.95. The maximum atomic E-state index is 10.0. The van der Waals surface area contributed by atoms with Crippen molar-refractivity contribution >= 4 is 17.4 Å². The molecule has 0 radical (unpaired) electrons. The Bertz CT molecular complexity index is 554. The Morgan fingerprint density at radius 3 is 2.68 bits per heavy atom. The lowest BCUT2D eigenvalue weighted by molar-refractivity contribution is 0.465. The predicted molar refractivity (Wildman–Crippen MR) is 83.0 cm³/mol. The summed E-state index contributed by atoms with van der Waals surface area (Å²) < 4.78 is 0. The molecule has 0 saturated carbocycles. The fourth-order valence-corrected chi connectivity index (χ4v) is 2.73. The molecule has 0 unspecified atom stereocenters. The number of rotatable bonds is 5. The van der Waals surface area contributed by atoms with Gasteiger partial charge in [-0.3, -0.25) is 0 Å². The van der Waals surface area contributed by atoms with Crippen molar-refractivity contribution in [3.63, 3.8) is 0 Å². The highest BCUT2D eigenvalue weighted by molar-refractivity contribution is 7.99. The van der Waals surface area contributed by atoms with Crippen LogP contribution >= 0.6 is 11.8 Å². The second-order valence-corrected chi connectivity index (χ2v) is 5.67. The molecule has 2 rings (SSSR count). The Kier molecular flexibility index (Phi) is 4.74. The SMILES string of the molecule is CCSc1ccccc1NCc1cccc(C)c1O.